The van der Waals surface area contributed by atoms with Crippen molar-refractivity contribution >= 4 is 41.4 Å². The number of piperidine rings is 1. The summed E-state index contributed by atoms with van der Waals surface area (Å²) in [5.74, 6) is -7.49. The van der Waals surface area contributed by atoms with Crippen molar-refractivity contribution in [2.45, 2.75) is 106 Å². The van der Waals surface area contributed by atoms with Crippen molar-refractivity contribution < 1.29 is 83.1 Å². The first kappa shape index (κ1) is 45.9. The van der Waals surface area contributed by atoms with Crippen LogP contribution in [0.25, 0.3) is 0 Å². The Morgan fingerprint density at radius 2 is 1.60 bits per heavy atom. The molecule has 6 N–H and O–H groups in total. The number of hydrogen-bond donors (Lipinski definition) is 6. The van der Waals surface area contributed by atoms with Crippen LogP contribution in [-0.2, 0) is 47.7 Å². The quantitative estimate of drug-likeness (QED) is 0.111. The minimum atomic E-state index is -2.74. The predicted molar refractivity (Wildman–Crippen MR) is 212 cm³/mol. The third-order valence-corrected chi connectivity index (χ3v) is 15.8. The van der Waals surface area contributed by atoms with E-state index < -0.39 is 82.4 Å². The van der Waals surface area contributed by atoms with Crippen LogP contribution in [0.2, 0.25) is 0 Å². The number of esters is 1. The number of rotatable bonds is 14. The van der Waals surface area contributed by atoms with Gasteiger partial charge in [0.1, 0.15) is 11.2 Å². The minimum absolute atomic E-state index is 0.0358. The number of carbonyl (C=O) groups excluding carboxylic acids is 3. The van der Waals surface area contributed by atoms with Gasteiger partial charge in [-0.15, -0.1) is 0 Å². The molecule has 19 heteroatoms. The Hall–Kier alpha value is -4.08. The normalized spacial score (nSPS) is 40.2. The molecule has 2 unspecified atom stereocenters. The Labute approximate surface area is 358 Å². The highest BCUT2D eigenvalue weighted by Gasteiger charge is 2.91. The maximum Gasteiger partial charge on any atom is 0.340 e. The van der Waals surface area contributed by atoms with Gasteiger partial charge in [0, 0.05) is 82.3 Å². The number of imide groups is 1. The number of likely N-dealkylation sites (N-methyl/N-ethyl adjacent to an activating group) is 1. The van der Waals surface area contributed by atoms with E-state index >= 15 is 0 Å². The number of ether oxygens (including phenoxy) is 5. The van der Waals surface area contributed by atoms with E-state index in [-0.39, 0.29) is 84.5 Å². The second kappa shape index (κ2) is 16.2. The smallest absolute Gasteiger partial charge is 0.340 e. The van der Waals surface area contributed by atoms with Gasteiger partial charge in [0.2, 0.25) is 11.8 Å². The maximum atomic E-state index is 14.1. The zero-order valence-corrected chi connectivity index (χ0v) is 35.7. The predicted octanol–water partition coefficient (Wildman–Crippen LogP) is 0.787. The highest BCUT2D eigenvalue weighted by Crippen LogP contribution is 2.80. The molecule has 7 aliphatic rings. The number of anilines is 1. The van der Waals surface area contributed by atoms with Crippen molar-refractivity contribution in [1.29, 1.82) is 0 Å². The largest absolute Gasteiger partial charge is 0.481 e. The van der Waals surface area contributed by atoms with Gasteiger partial charge >= 0.3 is 23.9 Å². The Morgan fingerprint density at radius 3 is 2.13 bits per heavy atom. The number of hydrogen-bond acceptors (Lipinski definition) is 15. The van der Waals surface area contributed by atoms with Gasteiger partial charge in [-0.25, -0.2) is 14.5 Å². The molecule has 0 aromatic heterocycles. The van der Waals surface area contributed by atoms with Crippen molar-refractivity contribution in [3.63, 3.8) is 0 Å². The Balaban J connectivity index is 0.000000387. The lowest BCUT2D eigenvalue weighted by molar-refractivity contribution is -0.320. The minimum Gasteiger partial charge on any atom is -0.481 e. The molecule has 1 aromatic rings. The fourth-order valence-electron chi connectivity index (χ4n) is 13.9. The van der Waals surface area contributed by atoms with Crippen molar-refractivity contribution in [3.8, 4) is 0 Å². The summed E-state index contributed by atoms with van der Waals surface area (Å²) in [5, 5.41) is 60.4. The molecule has 8 rings (SSSR count). The fourth-order valence-corrected chi connectivity index (χ4v) is 13.9. The number of carboxylic acid groups (broad SMARTS) is 3. The summed E-state index contributed by atoms with van der Waals surface area (Å²) in [6.07, 6.45) is -1.48. The molecule has 2 amide bonds. The molecule has 2 aliphatic heterocycles. The highest BCUT2D eigenvalue weighted by molar-refractivity contribution is 6.22. The lowest BCUT2D eigenvalue weighted by Gasteiger charge is -2.70. The molecule has 14 atom stereocenters. The SMILES string of the molecule is CCN1C[C@]2(COC(=O)c3ccccc3N3C(=O)C[C@H](C)C3=O)CC[C@H](OC)[C@]34C2C(OC)[C@](O)([C@H]13)[C@@]1(O)C[C@H](OC)[C@H]2C[C@@H]4[C@@H]1[C@H]2OC.O=C(O)CC(O)(CC(=O)O)C(=O)O. The van der Waals surface area contributed by atoms with Gasteiger partial charge in [0.25, 0.3) is 0 Å². The molecular formula is C43H58N2O17. The van der Waals surface area contributed by atoms with E-state index in [0.717, 1.165) is 11.3 Å². The van der Waals surface area contributed by atoms with E-state index in [2.05, 4.69) is 11.8 Å². The summed E-state index contributed by atoms with van der Waals surface area (Å²) < 4.78 is 31.4. The summed E-state index contributed by atoms with van der Waals surface area (Å²) in [6, 6.07) is 6.12. The van der Waals surface area contributed by atoms with Gasteiger partial charge in [-0.3, -0.25) is 24.1 Å². The van der Waals surface area contributed by atoms with E-state index in [1.54, 1.807) is 59.6 Å². The number of para-hydroxylation sites is 1. The standard InChI is InChI=1S/C37H50N2O10.C6H8O7/c1-7-38-17-34(18-49-32(42)20-10-8-9-11-23(20)39-26(40)14-19(2)31(39)41)13-12-25(46-4)36-22-15-21-24(45-3)16-35(43,27(22)28(21)47-5)37(44,33(36)38)30(48-6)29(34)36;7-3(8)1-6(13,5(11)12)2-4(9)10/h8-11,19,21-22,24-25,27-30,33,43-44H,7,12-18H2,1-6H3;13H,1-2H2,(H,7,8)(H,9,10)(H,11,12)/t19-,21+,22+,24-,25-,27+,28-,29?,30?,33+,34-,35+,36+,37-;/m0./s1. The van der Waals surface area contributed by atoms with Crippen LogP contribution < -0.4 is 4.90 Å². The van der Waals surface area contributed by atoms with Crippen LogP contribution in [0.1, 0.15) is 69.2 Å². The molecule has 19 nitrogen and oxygen atoms in total. The van der Waals surface area contributed by atoms with Gasteiger partial charge < -0.3 is 54.3 Å². The number of aliphatic hydroxyl groups is 3. The Bertz CT molecular complexity index is 1980. The van der Waals surface area contributed by atoms with Gasteiger partial charge in [-0.2, -0.15) is 0 Å². The number of nitrogens with zero attached hydrogens (tertiary/aromatic N) is 2. The summed E-state index contributed by atoms with van der Waals surface area (Å²) in [4.78, 5) is 73.8. The summed E-state index contributed by atoms with van der Waals surface area (Å²) in [7, 11) is 6.70. The lowest BCUT2D eigenvalue weighted by Crippen LogP contribution is -2.82. The number of likely N-dealkylation sites (tertiary alicyclic amines) is 1. The topological polar surface area (TPSA) is 276 Å². The third-order valence-electron chi connectivity index (χ3n) is 15.8. The molecule has 2 heterocycles. The molecule has 5 aliphatic carbocycles. The molecule has 0 radical (unpaired) electrons. The molecule has 7 bridgehead atoms. The maximum absolute atomic E-state index is 14.1. The second-order valence-electron chi connectivity index (χ2n) is 18.4. The number of carbonyl (C=O) groups is 6. The van der Waals surface area contributed by atoms with Gasteiger partial charge in [-0.05, 0) is 43.9 Å². The summed E-state index contributed by atoms with van der Waals surface area (Å²) in [5.41, 5.74) is -6.91. The zero-order valence-electron chi connectivity index (χ0n) is 35.7. The number of carboxylic acids is 3. The van der Waals surface area contributed by atoms with Crippen molar-refractivity contribution in [1.82, 2.24) is 4.90 Å². The molecule has 1 spiro atoms. The van der Waals surface area contributed by atoms with E-state index in [1.165, 1.54) is 0 Å². The number of amides is 2. The molecule has 1 aromatic carbocycles. The van der Waals surface area contributed by atoms with Crippen LogP contribution in [0, 0.1) is 40.4 Å². The number of aliphatic carboxylic acids is 3. The molecule has 62 heavy (non-hydrogen) atoms. The fraction of sp³-hybridized carbons (Fsp3) is 0.721. The molecule has 5 saturated carbocycles. The zero-order chi connectivity index (χ0) is 45.5. The average Bonchev–Trinajstić information content (AvgIpc) is 3.75. The average molecular weight is 875 g/mol. The number of fused-ring (bicyclic) bond motifs is 2. The number of methoxy groups -OCH3 is 4. The molecular weight excluding hydrogens is 816 g/mol. The molecule has 342 valence electrons. The van der Waals surface area contributed by atoms with Crippen LogP contribution in [0.4, 0.5) is 5.69 Å². The van der Waals surface area contributed by atoms with Crippen LogP contribution in [0.15, 0.2) is 24.3 Å². The van der Waals surface area contributed by atoms with Crippen LogP contribution in [0.5, 0.6) is 0 Å². The first-order chi connectivity index (χ1) is 29.2. The van der Waals surface area contributed by atoms with Crippen LogP contribution in [0.3, 0.4) is 0 Å². The van der Waals surface area contributed by atoms with E-state index in [4.69, 9.17) is 44.1 Å². The molecule has 7 fully saturated rings. The third kappa shape index (κ3) is 6.28. The monoisotopic (exact) mass is 874 g/mol. The molecule has 2 saturated heterocycles. The highest BCUT2D eigenvalue weighted by atomic mass is 16.5. The van der Waals surface area contributed by atoms with E-state index in [9.17, 15) is 39.0 Å². The van der Waals surface area contributed by atoms with Crippen molar-refractivity contribution in [2.24, 2.45) is 40.4 Å². The van der Waals surface area contributed by atoms with Crippen LogP contribution >= 0.6 is 0 Å². The van der Waals surface area contributed by atoms with Crippen molar-refractivity contribution in [3.05, 3.63) is 29.8 Å². The Morgan fingerprint density at radius 1 is 0.935 bits per heavy atom. The Kier molecular flexibility index (Phi) is 12.0. The van der Waals surface area contributed by atoms with E-state index in [1.807, 2.05) is 0 Å². The van der Waals surface area contributed by atoms with Crippen LogP contribution in [-0.4, -0.2) is 167 Å². The second-order valence-corrected chi connectivity index (χ2v) is 18.4. The first-order valence-electron chi connectivity index (χ1n) is 21.0. The summed E-state index contributed by atoms with van der Waals surface area (Å²) >= 11 is 0. The van der Waals surface area contributed by atoms with Gasteiger partial charge in [0.05, 0.1) is 61.2 Å². The lowest BCUT2D eigenvalue weighted by atomic mass is 9.42. The van der Waals surface area contributed by atoms with E-state index in [0.29, 0.717) is 25.9 Å². The van der Waals surface area contributed by atoms with Gasteiger partial charge in [-0.1, -0.05) is 26.0 Å². The van der Waals surface area contributed by atoms with Gasteiger partial charge in [0.15, 0.2) is 5.60 Å². The first-order valence-corrected chi connectivity index (χ1v) is 21.0. The number of benzene rings is 1. The summed E-state index contributed by atoms with van der Waals surface area (Å²) in [6.45, 7) is 4.95. The van der Waals surface area contributed by atoms with Crippen molar-refractivity contribution in [2.75, 3.05) is 53.0 Å².